The molecule has 1 aliphatic heterocycles. The van der Waals surface area contributed by atoms with Gasteiger partial charge in [0.1, 0.15) is 11.6 Å². The van der Waals surface area contributed by atoms with Crippen molar-refractivity contribution < 1.29 is 14.6 Å². The van der Waals surface area contributed by atoms with Crippen LogP contribution < -0.4 is 10.2 Å². The first kappa shape index (κ1) is 15.2. The van der Waals surface area contributed by atoms with Crippen LogP contribution in [0.3, 0.4) is 0 Å². The molecule has 0 bridgehead atoms. The first-order valence-electron chi connectivity index (χ1n) is 7.44. The molecular formula is C16H18N4O3. The molecule has 0 atom stereocenters. The highest BCUT2D eigenvalue weighted by atomic mass is 16.5. The number of ether oxygens (including phenoxy) is 1. The molecule has 0 aromatic carbocycles. The van der Waals surface area contributed by atoms with Gasteiger partial charge in [-0.05, 0) is 29.8 Å². The van der Waals surface area contributed by atoms with E-state index in [9.17, 15) is 4.79 Å². The lowest BCUT2D eigenvalue weighted by molar-refractivity contribution is 0.0690. The second-order valence-electron chi connectivity index (χ2n) is 5.19. The molecule has 7 nitrogen and oxygen atoms in total. The molecule has 1 aliphatic rings. The number of hydrogen-bond acceptors (Lipinski definition) is 6. The number of hydrogen-bond donors (Lipinski definition) is 2. The van der Waals surface area contributed by atoms with Gasteiger partial charge < -0.3 is 20.1 Å². The average Bonchev–Trinajstić information content (AvgIpc) is 2.61. The third-order valence-corrected chi connectivity index (χ3v) is 3.59. The van der Waals surface area contributed by atoms with Crippen LogP contribution in [0.5, 0.6) is 0 Å². The van der Waals surface area contributed by atoms with E-state index in [2.05, 4.69) is 20.2 Å². The van der Waals surface area contributed by atoms with Crippen LogP contribution >= 0.6 is 0 Å². The fourth-order valence-corrected chi connectivity index (χ4v) is 2.38. The summed E-state index contributed by atoms with van der Waals surface area (Å²) in [7, 11) is 0. The highest BCUT2D eigenvalue weighted by molar-refractivity contribution is 5.85. The topological polar surface area (TPSA) is 87.6 Å². The van der Waals surface area contributed by atoms with Crippen molar-refractivity contribution in [3.05, 3.63) is 47.8 Å². The van der Waals surface area contributed by atoms with Crippen LogP contribution in [-0.2, 0) is 11.3 Å². The Kier molecular flexibility index (Phi) is 4.68. The molecule has 0 saturated carbocycles. The molecule has 7 heteroatoms. The molecule has 0 aliphatic carbocycles. The lowest BCUT2D eigenvalue weighted by atomic mass is 10.2. The lowest BCUT2D eigenvalue weighted by Crippen LogP contribution is -2.36. The van der Waals surface area contributed by atoms with Crippen LogP contribution in [0.25, 0.3) is 0 Å². The van der Waals surface area contributed by atoms with Gasteiger partial charge in [0, 0.05) is 25.8 Å². The molecule has 0 unspecified atom stereocenters. The van der Waals surface area contributed by atoms with Crippen molar-refractivity contribution in [3.63, 3.8) is 0 Å². The van der Waals surface area contributed by atoms with Gasteiger partial charge in [0.2, 0.25) is 0 Å². The molecule has 3 heterocycles. The summed E-state index contributed by atoms with van der Waals surface area (Å²) in [6, 6.07) is 8.84. The van der Waals surface area contributed by atoms with E-state index in [0.29, 0.717) is 12.4 Å². The van der Waals surface area contributed by atoms with Gasteiger partial charge in [-0.3, -0.25) is 0 Å². The average molecular weight is 314 g/mol. The third kappa shape index (κ3) is 3.95. The molecule has 0 radical (unpaired) electrons. The van der Waals surface area contributed by atoms with E-state index >= 15 is 0 Å². The quantitative estimate of drug-likeness (QED) is 0.867. The maximum absolute atomic E-state index is 10.9. The van der Waals surface area contributed by atoms with Crippen LogP contribution in [0.4, 0.5) is 11.6 Å². The summed E-state index contributed by atoms with van der Waals surface area (Å²) in [5.74, 6) is 0.432. The maximum Gasteiger partial charge on any atom is 0.354 e. The van der Waals surface area contributed by atoms with E-state index in [0.717, 1.165) is 37.7 Å². The van der Waals surface area contributed by atoms with Crippen LogP contribution in [0, 0.1) is 0 Å². The van der Waals surface area contributed by atoms with Crippen molar-refractivity contribution in [1.82, 2.24) is 9.97 Å². The molecule has 1 saturated heterocycles. The number of carboxylic acid groups (broad SMARTS) is 1. The summed E-state index contributed by atoms with van der Waals surface area (Å²) in [6.07, 6.45) is 1.78. The van der Waals surface area contributed by atoms with Crippen LogP contribution in [0.15, 0.2) is 36.5 Å². The fourth-order valence-electron chi connectivity index (χ4n) is 2.38. The Labute approximate surface area is 133 Å². The van der Waals surface area contributed by atoms with Crippen molar-refractivity contribution in [2.75, 3.05) is 36.5 Å². The molecule has 0 amide bonds. The van der Waals surface area contributed by atoms with E-state index in [1.54, 1.807) is 18.3 Å². The standard InChI is InChI=1S/C16H18N4O3/c21-16(22)13-2-1-3-14(19-13)18-11-12-4-5-17-15(10-12)20-6-8-23-9-7-20/h1-5,10H,6-9,11H2,(H,18,19)(H,21,22). The van der Waals surface area contributed by atoms with Crippen LogP contribution in [-0.4, -0.2) is 47.3 Å². The first-order valence-corrected chi connectivity index (χ1v) is 7.44. The van der Waals surface area contributed by atoms with Gasteiger partial charge in [-0.1, -0.05) is 6.07 Å². The molecule has 0 spiro atoms. The van der Waals surface area contributed by atoms with Gasteiger partial charge >= 0.3 is 5.97 Å². The van der Waals surface area contributed by atoms with Crippen LogP contribution in [0.1, 0.15) is 16.1 Å². The van der Waals surface area contributed by atoms with Gasteiger partial charge in [0.25, 0.3) is 0 Å². The number of morpholine rings is 1. The Morgan fingerprint density at radius 3 is 2.91 bits per heavy atom. The summed E-state index contributed by atoms with van der Waals surface area (Å²) in [5, 5.41) is 12.1. The number of carbonyl (C=O) groups is 1. The molecule has 23 heavy (non-hydrogen) atoms. The lowest BCUT2D eigenvalue weighted by Gasteiger charge is -2.28. The van der Waals surface area contributed by atoms with Gasteiger partial charge in [-0.15, -0.1) is 0 Å². The predicted molar refractivity (Wildman–Crippen MR) is 85.8 cm³/mol. The van der Waals surface area contributed by atoms with Crippen molar-refractivity contribution in [3.8, 4) is 0 Å². The number of nitrogens with one attached hydrogen (secondary N) is 1. The number of rotatable bonds is 5. The summed E-state index contributed by atoms with van der Waals surface area (Å²) >= 11 is 0. The Bertz CT molecular complexity index is 687. The van der Waals surface area contributed by atoms with Crippen LogP contribution in [0.2, 0.25) is 0 Å². The molecular weight excluding hydrogens is 296 g/mol. The van der Waals surface area contributed by atoms with E-state index in [1.807, 2.05) is 12.1 Å². The van der Waals surface area contributed by atoms with Gasteiger partial charge in [0.05, 0.1) is 13.2 Å². The number of aromatic nitrogens is 2. The Hall–Kier alpha value is -2.67. The van der Waals surface area contributed by atoms with E-state index < -0.39 is 5.97 Å². The maximum atomic E-state index is 10.9. The Morgan fingerprint density at radius 1 is 1.30 bits per heavy atom. The van der Waals surface area contributed by atoms with Crippen molar-refractivity contribution in [1.29, 1.82) is 0 Å². The predicted octanol–water partition coefficient (Wildman–Crippen LogP) is 1.62. The third-order valence-electron chi connectivity index (χ3n) is 3.59. The van der Waals surface area contributed by atoms with E-state index in [1.165, 1.54) is 6.07 Å². The summed E-state index contributed by atoms with van der Waals surface area (Å²) in [6.45, 7) is 3.67. The number of carboxylic acids is 1. The number of nitrogens with zero attached hydrogens (tertiary/aromatic N) is 3. The van der Waals surface area contributed by atoms with Gasteiger partial charge in [0.15, 0.2) is 5.69 Å². The largest absolute Gasteiger partial charge is 0.477 e. The minimum absolute atomic E-state index is 0.0266. The molecule has 2 aromatic heterocycles. The summed E-state index contributed by atoms with van der Waals surface area (Å²) < 4.78 is 5.35. The van der Waals surface area contributed by atoms with Crippen molar-refractivity contribution >= 4 is 17.6 Å². The van der Waals surface area contributed by atoms with E-state index in [4.69, 9.17) is 9.84 Å². The number of aromatic carboxylic acids is 1. The molecule has 2 aromatic rings. The Balaban J connectivity index is 1.66. The number of anilines is 2. The van der Waals surface area contributed by atoms with E-state index in [-0.39, 0.29) is 5.69 Å². The summed E-state index contributed by atoms with van der Waals surface area (Å²) in [4.78, 5) is 21.6. The monoisotopic (exact) mass is 314 g/mol. The number of pyridine rings is 2. The zero-order valence-corrected chi connectivity index (χ0v) is 12.6. The minimum atomic E-state index is -1.04. The summed E-state index contributed by atoms with van der Waals surface area (Å²) in [5.41, 5.74) is 1.09. The first-order chi connectivity index (χ1) is 11.2. The second kappa shape index (κ2) is 7.06. The normalized spacial score (nSPS) is 14.5. The molecule has 3 rings (SSSR count). The SMILES string of the molecule is O=C(O)c1cccc(NCc2ccnc(N3CCOCC3)c2)n1. The highest BCUT2D eigenvalue weighted by Crippen LogP contribution is 2.15. The zero-order valence-electron chi connectivity index (χ0n) is 12.6. The van der Waals surface area contributed by atoms with Crippen molar-refractivity contribution in [2.24, 2.45) is 0 Å². The second-order valence-corrected chi connectivity index (χ2v) is 5.19. The fraction of sp³-hybridized carbons (Fsp3) is 0.312. The van der Waals surface area contributed by atoms with Crippen molar-refractivity contribution in [2.45, 2.75) is 6.54 Å². The zero-order chi connectivity index (χ0) is 16.1. The van der Waals surface area contributed by atoms with Gasteiger partial charge in [-0.25, -0.2) is 14.8 Å². The molecule has 120 valence electrons. The molecule has 1 fully saturated rings. The smallest absolute Gasteiger partial charge is 0.354 e. The highest BCUT2D eigenvalue weighted by Gasteiger charge is 2.12. The van der Waals surface area contributed by atoms with Gasteiger partial charge in [-0.2, -0.15) is 0 Å². The molecule has 2 N–H and O–H groups in total. The minimum Gasteiger partial charge on any atom is -0.477 e. The Morgan fingerprint density at radius 2 is 2.13 bits per heavy atom.